The molecule has 136 valence electrons. The van der Waals surface area contributed by atoms with Crippen molar-refractivity contribution in [1.29, 1.82) is 0 Å². The fraction of sp³-hybridized carbons (Fsp3) is 0.333. The Balaban J connectivity index is 1.92. The van der Waals surface area contributed by atoms with Crippen molar-refractivity contribution in [2.75, 3.05) is 26.3 Å². The van der Waals surface area contributed by atoms with Crippen LogP contribution in [0.15, 0.2) is 46.9 Å². The zero-order chi connectivity index (χ0) is 18.2. The van der Waals surface area contributed by atoms with Gasteiger partial charge in [-0.1, -0.05) is 46.3 Å². The van der Waals surface area contributed by atoms with Gasteiger partial charge in [-0.25, -0.2) is 8.78 Å². The lowest BCUT2D eigenvalue weighted by Gasteiger charge is -2.24. The number of aliphatic hydroxyl groups is 2. The van der Waals surface area contributed by atoms with Crippen LogP contribution in [-0.2, 0) is 6.54 Å². The van der Waals surface area contributed by atoms with Gasteiger partial charge in [0.25, 0.3) is 0 Å². The van der Waals surface area contributed by atoms with Gasteiger partial charge < -0.3 is 14.9 Å². The zero-order valence-corrected chi connectivity index (χ0v) is 15.1. The number of hydrogen-bond acceptors (Lipinski definition) is 4. The van der Waals surface area contributed by atoms with E-state index in [2.05, 4.69) is 15.9 Å². The first-order valence-electron chi connectivity index (χ1n) is 7.82. The summed E-state index contributed by atoms with van der Waals surface area (Å²) in [4.78, 5) is 1.84. The number of halogens is 3. The zero-order valence-electron chi connectivity index (χ0n) is 13.5. The molecule has 0 unspecified atom stereocenters. The van der Waals surface area contributed by atoms with Crippen LogP contribution in [0, 0.1) is 11.6 Å². The summed E-state index contributed by atoms with van der Waals surface area (Å²) in [5, 5.41) is 19.3. The van der Waals surface area contributed by atoms with E-state index in [0.717, 1.165) is 17.7 Å². The number of rotatable bonds is 9. The van der Waals surface area contributed by atoms with Crippen LogP contribution in [-0.4, -0.2) is 47.5 Å². The monoisotopic (exact) mass is 415 g/mol. The molecule has 0 aliphatic heterocycles. The topological polar surface area (TPSA) is 52.9 Å². The Bertz CT molecular complexity index is 650. The van der Waals surface area contributed by atoms with E-state index in [9.17, 15) is 19.0 Å². The molecule has 2 aromatic carbocycles. The minimum atomic E-state index is -0.960. The molecule has 0 aliphatic rings. The summed E-state index contributed by atoms with van der Waals surface area (Å²) in [6.45, 7) is 0.796. The van der Waals surface area contributed by atoms with Crippen LogP contribution < -0.4 is 4.74 Å². The van der Waals surface area contributed by atoms with Crippen LogP contribution in [0.2, 0.25) is 0 Å². The molecule has 0 fully saturated rings. The minimum absolute atomic E-state index is 0.0591. The molecule has 0 aromatic heterocycles. The van der Waals surface area contributed by atoms with E-state index < -0.39 is 23.5 Å². The normalized spacial score (nSPS) is 12.4. The van der Waals surface area contributed by atoms with Crippen LogP contribution in [0.4, 0.5) is 8.78 Å². The molecule has 0 spiro atoms. The Morgan fingerprint density at radius 1 is 1.12 bits per heavy atom. The maximum Gasteiger partial charge on any atom is 0.190 e. The number of nitrogens with zero attached hydrogens (tertiary/aromatic N) is 1. The van der Waals surface area contributed by atoms with Crippen molar-refractivity contribution in [2.45, 2.75) is 12.6 Å². The molecular weight excluding hydrogens is 396 g/mol. The molecule has 2 aromatic rings. The Labute approximate surface area is 153 Å². The predicted octanol–water partition coefficient (Wildman–Crippen LogP) is 2.96. The standard InChI is InChI=1S/C18H20BrF2NO3/c19-14-8-16(20)18(17(21)9-14)25-12-15(24)11-22(6-7-23)10-13-4-2-1-3-5-13/h1-5,8-9,15,23-24H,6-7,10-12H2/t15-/m1/s1. The molecule has 0 saturated carbocycles. The summed E-state index contributed by atoms with van der Waals surface area (Å²) in [7, 11) is 0. The number of aliphatic hydroxyl groups excluding tert-OH is 2. The van der Waals surface area contributed by atoms with Gasteiger partial charge in [-0.15, -0.1) is 0 Å². The average Bonchev–Trinajstić information content (AvgIpc) is 2.55. The smallest absolute Gasteiger partial charge is 0.190 e. The van der Waals surface area contributed by atoms with Crippen LogP contribution in [0.1, 0.15) is 5.56 Å². The van der Waals surface area contributed by atoms with Gasteiger partial charge in [-0.2, -0.15) is 0 Å². The summed E-state index contributed by atoms with van der Waals surface area (Å²) in [5.41, 5.74) is 1.04. The van der Waals surface area contributed by atoms with Gasteiger partial charge in [0.2, 0.25) is 0 Å². The second kappa shape index (κ2) is 9.82. The molecule has 0 aliphatic carbocycles. The lowest BCUT2D eigenvalue weighted by Crippen LogP contribution is -2.37. The molecule has 4 nitrogen and oxygen atoms in total. The molecule has 7 heteroatoms. The molecular formula is C18H20BrF2NO3. The Hall–Kier alpha value is -1.54. The second-order valence-electron chi connectivity index (χ2n) is 5.61. The van der Waals surface area contributed by atoms with E-state index in [1.807, 2.05) is 35.2 Å². The SMILES string of the molecule is OCCN(Cc1ccccc1)C[C@@H](O)COc1c(F)cc(Br)cc1F. The van der Waals surface area contributed by atoms with Gasteiger partial charge in [0.1, 0.15) is 12.7 Å². The number of hydrogen-bond donors (Lipinski definition) is 2. The van der Waals surface area contributed by atoms with E-state index >= 15 is 0 Å². The van der Waals surface area contributed by atoms with E-state index in [4.69, 9.17) is 4.74 Å². The summed E-state index contributed by atoms with van der Waals surface area (Å²) in [5.74, 6) is -2.19. The first-order chi connectivity index (χ1) is 12.0. The molecule has 0 saturated heterocycles. The van der Waals surface area contributed by atoms with Crippen LogP contribution in [0.5, 0.6) is 5.75 Å². The predicted molar refractivity (Wildman–Crippen MR) is 94.4 cm³/mol. The fourth-order valence-corrected chi connectivity index (χ4v) is 2.82. The highest BCUT2D eigenvalue weighted by molar-refractivity contribution is 9.10. The molecule has 2 N–H and O–H groups in total. The molecule has 0 bridgehead atoms. The van der Waals surface area contributed by atoms with E-state index in [1.54, 1.807) is 0 Å². The summed E-state index contributed by atoms with van der Waals surface area (Å²) in [6.07, 6.45) is -0.960. The van der Waals surface area contributed by atoms with Crippen molar-refractivity contribution in [1.82, 2.24) is 4.90 Å². The lowest BCUT2D eigenvalue weighted by molar-refractivity contribution is 0.0565. The fourth-order valence-electron chi connectivity index (χ4n) is 2.42. The molecule has 0 amide bonds. The van der Waals surface area contributed by atoms with Crippen molar-refractivity contribution in [2.24, 2.45) is 0 Å². The van der Waals surface area contributed by atoms with Crippen LogP contribution in [0.3, 0.4) is 0 Å². The maximum absolute atomic E-state index is 13.7. The van der Waals surface area contributed by atoms with Crippen molar-refractivity contribution in [3.63, 3.8) is 0 Å². The molecule has 2 rings (SSSR count). The van der Waals surface area contributed by atoms with Crippen LogP contribution >= 0.6 is 15.9 Å². The Morgan fingerprint density at radius 2 is 1.76 bits per heavy atom. The molecule has 0 heterocycles. The van der Waals surface area contributed by atoms with Gasteiger partial charge in [-0.3, -0.25) is 4.90 Å². The third kappa shape index (κ3) is 6.36. The molecule has 0 radical (unpaired) electrons. The van der Waals surface area contributed by atoms with Gasteiger partial charge in [0.05, 0.1) is 6.61 Å². The van der Waals surface area contributed by atoms with Crippen molar-refractivity contribution in [3.05, 3.63) is 64.1 Å². The van der Waals surface area contributed by atoms with E-state index in [0.29, 0.717) is 13.1 Å². The van der Waals surface area contributed by atoms with Gasteiger partial charge in [-0.05, 0) is 17.7 Å². The first kappa shape index (κ1) is 19.8. The largest absolute Gasteiger partial charge is 0.485 e. The highest BCUT2D eigenvalue weighted by Crippen LogP contribution is 2.26. The highest BCUT2D eigenvalue weighted by Gasteiger charge is 2.16. The molecule has 25 heavy (non-hydrogen) atoms. The van der Waals surface area contributed by atoms with Gasteiger partial charge in [0, 0.05) is 24.1 Å². The summed E-state index contributed by atoms with van der Waals surface area (Å²) < 4.78 is 32.8. The maximum atomic E-state index is 13.7. The number of benzene rings is 2. The first-order valence-corrected chi connectivity index (χ1v) is 8.61. The molecule has 1 atom stereocenters. The van der Waals surface area contributed by atoms with Gasteiger partial charge >= 0.3 is 0 Å². The minimum Gasteiger partial charge on any atom is -0.485 e. The van der Waals surface area contributed by atoms with E-state index in [-0.39, 0.29) is 24.2 Å². The third-order valence-electron chi connectivity index (χ3n) is 3.52. The van der Waals surface area contributed by atoms with E-state index in [1.165, 1.54) is 0 Å². The van der Waals surface area contributed by atoms with Crippen molar-refractivity contribution < 1.29 is 23.7 Å². The third-order valence-corrected chi connectivity index (χ3v) is 3.98. The van der Waals surface area contributed by atoms with Crippen molar-refractivity contribution in [3.8, 4) is 5.75 Å². The lowest BCUT2D eigenvalue weighted by atomic mass is 10.2. The Morgan fingerprint density at radius 3 is 2.36 bits per heavy atom. The summed E-state index contributed by atoms with van der Waals surface area (Å²) in [6, 6.07) is 11.8. The highest BCUT2D eigenvalue weighted by atomic mass is 79.9. The van der Waals surface area contributed by atoms with Crippen LogP contribution in [0.25, 0.3) is 0 Å². The summed E-state index contributed by atoms with van der Waals surface area (Å²) >= 11 is 2.99. The quantitative estimate of drug-likeness (QED) is 0.660. The number of ether oxygens (including phenoxy) is 1. The van der Waals surface area contributed by atoms with Gasteiger partial charge in [0.15, 0.2) is 17.4 Å². The average molecular weight is 416 g/mol. The van der Waals surface area contributed by atoms with Crippen molar-refractivity contribution >= 4 is 15.9 Å². The Kier molecular flexibility index (Phi) is 7.77. The second-order valence-corrected chi connectivity index (χ2v) is 6.52.